The van der Waals surface area contributed by atoms with Crippen LogP contribution in [-0.4, -0.2) is 17.6 Å². The summed E-state index contributed by atoms with van der Waals surface area (Å²) in [6, 6.07) is 2.02. The molecular formula is C17H21NO2S. The Hall–Kier alpha value is -1.31. The molecule has 2 aliphatic carbocycles. The summed E-state index contributed by atoms with van der Waals surface area (Å²) in [6.07, 6.45) is 5.44. The molecule has 2 aliphatic rings. The molecule has 3 nitrogen and oxygen atoms in total. The predicted molar refractivity (Wildman–Crippen MR) is 83.7 cm³/mol. The van der Waals surface area contributed by atoms with E-state index in [1.807, 2.05) is 11.4 Å². The van der Waals surface area contributed by atoms with E-state index in [-0.39, 0.29) is 18.4 Å². The second kappa shape index (κ2) is 6.64. The van der Waals surface area contributed by atoms with Crippen LogP contribution in [0.1, 0.15) is 42.5 Å². The number of hydrogen-bond acceptors (Lipinski definition) is 3. The highest BCUT2D eigenvalue weighted by Crippen LogP contribution is 2.48. The molecule has 1 heterocycles. The predicted octanol–water partition coefficient (Wildman–Crippen LogP) is 2.53. The van der Waals surface area contributed by atoms with Gasteiger partial charge in [-0.25, -0.2) is 0 Å². The summed E-state index contributed by atoms with van der Waals surface area (Å²) in [5.74, 6) is 7.87. The van der Waals surface area contributed by atoms with Gasteiger partial charge in [-0.2, -0.15) is 0 Å². The summed E-state index contributed by atoms with van der Waals surface area (Å²) in [5.41, 5.74) is 0.970. The fourth-order valence-electron chi connectivity index (χ4n) is 3.63. The number of thiophene rings is 1. The van der Waals surface area contributed by atoms with Crippen molar-refractivity contribution in [1.29, 1.82) is 0 Å². The van der Waals surface area contributed by atoms with E-state index in [1.54, 1.807) is 11.3 Å². The van der Waals surface area contributed by atoms with Gasteiger partial charge >= 0.3 is 0 Å². The Morgan fingerprint density at radius 2 is 2.33 bits per heavy atom. The lowest BCUT2D eigenvalue weighted by molar-refractivity contribution is -0.126. The van der Waals surface area contributed by atoms with E-state index in [9.17, 15) is 4.79 Å². The number of aliphatic hydroxyl groups excluding tert-OH is 1. The maximum atomic E-state index is 12.3. The van der Waals surface area contributed by atoms with Crippen LogP contribution in [0.5, 0.6) is 0 Å². The molecule has 112 valence electrons. The molecule has 1 amide bonds. The first-order valence-electron chi connectivity index (χ1n) is 7.71. The van der Waals surface area contributed by atoms with Crippen molar-refractivity contribution < 1.29 is 9.90 Å². The third kappa shape index (κ3) is 3.48. The molecule has 2 bridgehead atoms. The molecule has 3 atom stereocenters. The molecule has 0 aromatic carbocycles. The Morgan fingerprint density at radius 1 is 1.43 bits per heavy atom. The zero-order valence-electron chi connectivity index (χ0n) is 12.1. The van der Waals surface area contributed by atoms with E-state index in [1.165, 1.54) is 19.3 Å². The monoisotopic (exact) mass is 303 g/mol. The zero-order chi connectivity index (χ0) is 14.7. The average molecular weight is 303 g/mol. The van der Waals surface area contributed by atoms with Gasteiger partial charge < -0.3 is 10.4 Å². The molecule has 0 saturated heterocycles. The third-order valence-electron chi connectivity index (χ3n) is 4.63. The van der Waals surface area contributed by atoms with E-state index in [0.29, 0.717) is 18.9 Å². The molecule has 4 heteroatoms. The van der Waals surface area contributed by atoms with Gasteiger partial charge in [0.25, 0.3) is 0 Å². The van der Waals surface area contributed by atoms with Gasteiger partial charge in [0, 0.05) is 28.2 Å². The normalized spacial score (nSPS) is 26.4. The van der Waals surface area contributed by atoms with Gasteiger partial charge in [-0.15, -0.1) is 11.3 Å². The topological polar surface area (TPSA) is 49.3 Å². The number of carbonyl (C=O) groups is 1. The number of hydrogen-bond donors (Lipinski definition) is 2. The number of amides is 1. The van der Waals surface area contributed by atoms with Gasteiger partial charge in [-0.1, -0.05) is 18.3 Å². The summed E-state index contributed by atoms with van der Waals surface area (Å²) in [6.45, 7) is 0.711. The van der Waals surface area contributed by atoms with Crippen molar-refractivity contribution >= 4 is 17.2 Å². The largest absolute Gasteiger partial charge is 0.395 e. The summed E-state index contributed by atoms with van der Waals surface area (Å²) in [4.78, 5) is 13.4. The third-order valence-corrected chi connectivity index (χ3v) is 5.57. The molecule has 2 saturated carbocycles. The summed E-state index contributed by atoms with van der Waals surface area (Å²) < 4.78 is 0. The summed E-state index contributed by atoms with van der Waals surface area (Å²) in [5, 5.41) is 13.8. The summed E-state index contributed by atoms with van der Waals surface area (Å²) in [7, 11) is 0. The van der Waals surface area contributed by atoms with E-state index in [0.717, 1.165) is 22.8 Å². The Bertz CT molecular complexity index is 569. The quantitative estimate of drug-likeness (QED) is 0.840. The van der Waals surface area contributed by atoms with Crippen molar-refractivity contribution in [3.05, 3.63) is 21.9 Å². The van der Waals surface area contributed by atoms with Crippen molar-refractivity contribution in [3.63, 3.8) is 0 Å². The first-order valence-corrected chi connectivity index (χ1v) is 8.59. The number of nitrogens with one attached hydrogen (secondary N) is 1. The van der Waals surface area contributed by atoms with Gasteiger partial charge in [0.05, 0.1) is 13.2 Å². The Balaban J connectivity index is 1.49. The van der Waals surface area contributed by atoms with Crippen molar-refractivity contribution in [2.45, 2.75) is 38.6 Å². The van der Waals surface area contributed by atoms with Crippen LogP contribution in [0.2, 0.25) is 0 Å². The summed E-state index contributed by atoms with van der Waals surface area (Å²) >= 11 is 1.63. The lowest BCUT2D eigenvalue weighted by Crippen LogP contribution is -2.33. The fourth-order valence-corrected chi connectivity index (χ4v) is 4.39. The molecule has 2 fully saturated rings. The van der Waals surface area contributed by atoms with Crippen LogP contribution in [-0.2, 0) is 11.3 Å². The fraction of sp³-hybridized carbons (Fsp3) is 0.588. The van der Waals surface area contributed by atoms with E-state index >= 15 is 0 Å². The maximum Gasteiger partial charge on any atom is 0.223 e. The second-order valence-corrected chi connectivity index (χ2v) is 7.07. The van der Waals surface area contributed by atoms with Crippen molar-refractivity contribution in [2.24, 2.45) is 17.8 Å². The highest BCUT2D eigenvalue weighted by molar-refractivity contribution is 7.10. The van der Waals surface area contributed by atoms with Crippen LogP contribution < -0.4 is 5.32 Å². The molecule has 21 heavy (non-hydrogen) atoms. The molecule has 0 aliphatic heterocycles. The number of carbonyl (C=O) groups excluding carboxylic acids is 1. The molecular weight excluding hydrogens is 282 g/mol. The van der Waals surface area contributed by atoms with Crippen LogP contribution in [0.3, 0.4) is 0 Å². The molecule has 3 unspecified atom stereocenters. The van der Waals surface area contributed by atoms with Crippen LogP contribution in [0.4, 0.5) is 0 Å². The Labute approximate surface area is 129 Å². The SMILES string of the molecule is O=C(NCc1cc(C#CCCO)cs1)C1CC2CCC1C2. The molecule has 2 N–H and O–H groups in total. The molecule has 3 rings (SSSR count). The maximum absolute atomic E-state index is 12.3. The molecule has 1 aromatic rings. The minimum Gasteiger partial charge on any atom is -0.395 e. The minimum atomic E-state index is 0.101. The molecule has 0 spiro atoms. The van der Waals surface area contributed by atoms with Crippen LogP contribution >= 0.6 is 11.3 Å². The van der Waals surface area contributed by atoms with E-state index in [4.69, 9.17) is 5.11 Å². The van der Waals surface area contributed by atoms with Gasteiger partial charge in [0.1, 0.15) is 0 Å². The van der Waals surface area contributed by atoms with Crippen LogP contribution in [0.25, 0.3) is 0 Å². The smallest absolute Gasteiger partial charge is 0.223 e. The number of aliphatic hydroxyl groups is 1. The van der Waals surface area contributed by atoms with Crippen molar-refractivity contribution in [1.82, 2.24) is 5.32 Å². The zero-order valence-corrected chi connectivity index (χ0v) is 12.9. The number of fused-ring (bicyclic) bond motifs is 2. The first kappa shape index (κ1) is 14.6. The Kier molecular flexibility index (Phi) is 4.62. The minimum absolute atomic E-state index is 0.101. The highest BCUT2D eigenvalue weighted by atomic mass is 32.1. The van der Waals surface area contributed by atoms with E-state index in [2.05, 4.69) is 17.2 Å². The molecule has 0 radical (unpaired) electrons. The van der Waals surface area contributed by atoms with Crippen molar-refractivity contribution in [2.75, 3.05) is 6.61 Å². The van der Waals surface area contributed by atoms with Crippen molar-refractivity contribution in [3.8, 4) is 11.8 Å². The van der Waals surface area contributed by atoms with Gasteiger partial charge in [-0.3, -0.25) is 4.79 Å². The van der Waals surface area contributed by atoms with E-state index < -0.39 is 0 Å². The lowest BCUT2D eigenvalue weighted by atomic mass is 9.88. The first-order chi connectivity index (χ1) is 10.3. The lowest BCUT2D eigenvalue weighted by Gasteiger charge is -2.20. The number of rotatable bonds is 4. The highest BCUT2D eigenvalue weighted by Gasteiger charge is 2.42. The standard InChI is InChI=1S/C17H21NO2S/c19-6-2-1-3-13-8-15(21-11-13)10-18-17(20)16-9-12-4-5-14(16)7-12/h8,11-12,14,16,19H,2,4-7,9-10H2,(H,18,20). The van der Waals surface area contributed by atoms with Crippen LogP contribution in [0, 0.1) is 29.6 Å². The van der Waals surface area contributed by atoms with Crippen LogP contribution in [0.15, 0.2) is 11.4 Å². The van der Waals surface area contributed by atoms with Gasteiger partial charge in [0.15, 0.2) is 0 Å². The van der Waals surface area contributed by atoms with Gasteiger partial charge in [0.2, 0.25) is 5.91 Å². The van der Waals surface area contributed by atoms with Gasteiger partial charge in [-0.05, 0) is 37.2 Å². The average Bonchev–Trinajstić information content (AvgIpc) is 3.21. The second-order valence-electron chi connectivity index (χ2n) is 6.08. The Morgan fingerprint density at radius 3 is 3.05 bits per heavy atom. The molecule has 1 aromatic heterocycles.